The van der Waals surface area contributed by atoms with Crippen LogP contribution in [0.2, 0.25) is 0 Å². The third kappa shape index (κ3) is 3.89. The minimum absolute atomic E-state index is 0.348. The van der Waals surface area contributed by atoms with Gasteiger partial charge < -0.3 is 19.9 Å². The second kappa shape index (κ2) is 8.02. The van der Waals surface area contributed by atoms with Gasteiger partial charge in [-0.3, -0.25) is 4.98 Å². The Hall–Kier alpha value is -3.87. The van der Waals surface area contributed by atoms with E-state index >= 15 is 0 Å². The molecule has 0 fully saturated rings. The second-order valence-corrected chi connectivity index (χ2v) is 6.59. The highest BCUT2D eigenvalue weighted by Crippen LogP contribution is 2.25. The molecule has 146 valence electrons. The van der Waals surface area contributed by atoms with E-state index in [0.717, 1.165) is 16.5 Å². The van der Waals surface area contributed by atoms with Gasteiger partial charge >= 0.3 is 6.03 Å². The van der Waals surface area contributed by atoms with Crippen molar-refractivity contribution in [2.45, 2.75) is 6.04 Å². The smallest absolute Gasteiger partial charge is 0.320 e. The predicted molar refractivity (Wildman–Crippen MR) is 112 cm³/mol. The van der Waals surface area contributed by atoms with Crippen LogP contribution in [0.15, 0.2) is 73.2 Å². The van der Waals surface area contributed by atoms with E-state index in [9.17, 15) is 4.79 Å². The molecule has 0 spiro atoms. The van der Waals surface area contributed by atoms with E-state index in [-0.39, 0.29) is 6.03 Å². The Morgan fingerprint density at radius 2 is 1.90 bits per heavy atom. The average molecular weight is 387 g/mol. The molecule has 0 saturated carbocycles. The Bertz CT molecular complexity index is 1150. The normalized spacial score (nSPS) is 11.8. The van der Waals surface area contributed by atoms with Crippen molar-refractivity contribution in [1.29, 1.82) is 0 Å². The molecule has 7 heteroatoms. The first-order valence-corrected chi connectivity index (χ1v) is 9.18. The number of aromatic nitrogens is 3. The quantitative estimate of drug-likeness (QED) is 0.544. The first-order chi connectivity index (χ1) is 14.2. The highest BCUT2D eigenvalue weighted by Gasteiger charge is 2.21. The maximum absolute atomic E-state index is 12.9. The van der Waals surface area contributed by atoms with Crippen LogP contribution in [0, 0.1) is 0 Å². The molecule has 4 rings (SSSR count). The van der Waals surface area contributed by atoms with Crippen molar-refractivity contribution < 1.29 is 9.53 Å². The number of urea groups is 1. The third-order valence-corrected chi connectivity index (χ3v) is 4.70. The number of fused-ring (bicyclic) bond motifs is 1. The first kappa shape index (κ1) is 18.5. The molecule has 1 atom stereocenters. The summed E-state index contributed by atoms with van der Waals surface area (Å²) in [5, 5.41) is 6.90. The molecule has 0 aliphatic heterocycles. The summed E-state index contributed by atoms with van der Waals surface area (Å²) < 4.78 is 7.22. The van der Waals surface area contributed by atoms with Gasteiger partial charge in [-0.1, -0.05) is 30.3 Å². The van der Waals surface area contributed by atoms with Gasteiger partial charge in [0.05, 0.1) is 18.3 Å². The lowest BCUT2D eigenvalue weighted by atomic mass is 10.1. The summed E-state index contributed by atoms with van der Waals surface area (Å²) in [6, 6.07) is 16.3. The van der Waals surface area contributed by atoms with Crippen molar-refractivity contribution >= 4 is 22.6 Å². The van der Waals surface area contributed by atoms with Crippen LogP contribution in [0.25, 0.3) is 10.9 Å². The number of amides is 2. The molecule has 0 bridgehead atoms. The van der Waals surface area contributed by atoms with Crippen LogP contribution in [-0.4, -0.2) is 27.7 Å². The van der Waals surface area contributed by atoms with Crippen LogP contribution in [0.5, 0.6) is 5.75 Å². The predicted octanol–water partition coefficient (Wildman–Crippen LogP) is 3.89. The van der Waals surface area contributed by atoms with Gasteiger partial charge in [0.1, 0.15) is 17.6 Å². The summed E-state index contributed by atoms with van der Waals surface area (Å²) in [5.74, 6) is 1.42. The number of methoxy groups -OCH3 is 1. The fourth-order valence-electron chi connectivity index (χ4n) is 3.27. The maximum atomic E-state index is 12.9. The number of hydrogen-bond acceptors (Lipinski definition) is 4. The highest BCUT2D eigenvalue weighted by atomic mass is 16.5. The molecule has 29 heavy (non-hydrogen) atoms. The molecule has 0 radical (unpaired) electrons. The number of para-hydroxylation sites is 1. The number of nitrogens with zero attached hydrogens (tertiary/aromatic N) is 3. The second-order valence-electron chi connectivity index (χ2n) is 6.59. The van der Waals surface area contributed by atoms with E-state index in [0.29, 0.717) is 17.3 Å². The topological polar surface area (TPSA) is 81.1 Å². The summed E-state index contributed by atoms with van der Waals surface area (Å²) in [6.07, 6.45) is 5.26. The van der Waals surface area contributed by atoms with Gasteiger partial charge in [-0.15, -0.1) is 0 Å². The summed E-state index contributed by atoms with van der Waals surface area (Å²) in [4.78, 5) is 21.7. The lowest BCUT2D eigenvalue weighted by Gasteiger charge is -2.20. The Morgan fingerprint density at radius 3 is 2.69 bits per heavy atom. The Balaban J connectivity index is 1.63. The van der Waals surface area contributed by atoms with E-state index in [1.54, 1.807) is 19.5 Å². The number of nitrogens with one attached hydrogen (secondary N) is 2. The lowest BCUT2D eigenvalue weighted by molar-refractivity contribution is 0.249. The van der Waals surface area contributed by atoms with Crippen molar-refractivity contribution in [1.82, 2.24) is 19.9 Å². The molecule has 2 aromatic carbocycles. The summed E-state index contributed by atoms with van der Waals surface area (Å²) >= 11 is 0. The largest absolute Gasteiger partial charge is 0.497 e. The van der Waals surface area contributed by atoms with Crippen molar-refractivity contribution in [3.63, 3.8) is 0 Å². The fraction of sp³-hybridized carbons (Fsp3) is 0.136. The van der Waals surface area contributed by atoms with Crippen molar-refractivity contribution in [3.8, 4) is 5.75 Å². The van der Waals surface area contributed by atoms with Crippen molar-refractivity contribution in [3.05, 3.63) is 84.6 Å². The van der Waals surface area contributed by atoms with E-state index < -0.39 is 6.04 Å². The molecule has 4 aromatic rings. The molecule has 2 aromatic heterocycles. The van der Waals surface area contributed by atoms with Gasteiger partial charge in [-0.05, 0) is 29.8 Å². The summed E-state index contributed by atoms with van der Waals surface area (Å²) in [5.41, 5.74) is 2.25. The standard InChI is InChI=1S/C22H21N5O2/c1-27-13-12-24-21(27)20(16-7-3-9-17(14-16)29-2)26-22(28)25-18-10-4-6-15-8-5-11-23-19(15)18/h3-14,20H,1-2H3,(H2,25,26,28). The molecule has 2 heterocycles. The average Bonchev–Trinajstić information content (AvgIpc) is 3.18. The molecule has 0 saturated heterocycles. The number of ether oxygens (including phenoxy) is 1. The van der Waals surface area contributed by atoms with Crippen molar-refractivity contribution in [2.75, 3.05) is 12.4 Å². The van der Waals surface area contributed by atoms with E-state index in [1.165, 1.54) is 0 Å². The van der Waals surface area contributed by atoms with Gasteiger partial charge in [0.15, 0.2) is 0 Å². The Morgan fingerprint density at radius 1 is 1.07 bits per heavy atom. The third-order valence-electron chi connectivity index (χ3n) is 4.70. The maximum Gasteiger partial charge on any atom is 0.320 e. The number of pyridine rings is 1. The molecule has 0 aliphatic rings. The zero-order chi connectivity index (χ0) is 20.2. The summed E-state index contributed by atoms with van der Waals surface area (Å²) in [6.45, 7) is 0. The minimum Gasteiger partial charge on any atom is -0.497 e. The molecular weight excluding hydrogens is 366 g/mol. The number of rotatable bonds is 5. The van der Waals surface area contributed by atoms with Gasteiger partial charge in [0, 0.05) is 31.0 Å². The molecule has 0 aliphatic carbocycles. The number of benzene rings is 2. The lowest BCUT2D eigenvalue weighted by Crippen LogP contribution is -2.34. The SMILES string of the molecule is COc1cccc(C(NC(=O)Nc2cccc3cccnc23)c2nccn2C)c1. The van der Waals surface area contributed by atoms with E-state index in [4.69, 9.17) is 4.74 Å². The van der Waals surface area contributed by atoms with Gasteiger partial charge in [0.25, 0.3) is 0 Å². The number of imidazole rings is 1. The monoisotopic (exact) mass is 387 g/mol. The van der Waals surface area contributed by atoms with Crippen LogP contribution < -0.4 is 15.4 Å². The fourth-order valence-corrected chi connectivity index (χ4v) is 3.27. The Kier molecular flexibility index (Phi) is 5.11. The van der Waals surface area contributed by atoms with Gasteiger partial charge in [-0.2, -0.15) is 0 Å². The van der Waals surface area contributed by atoms with Crippen LogP contribution in [0.4, 0.5) is 10.5 Å². The van der Waals surface area contributed by atoms with Crippen LogP contribution >= 0.6 is 0 Å². The first-order valence-electron chi connectivity index (χ1n) is 9.18. The zero-order valence-corrected chi connectivity index (χ0v) is 16.2. The van der Waals surface area contributed by atoms with E-state index in [2.05, 4.69) is 20.6 Å². The van der Waals surface area contributed by atoms with E-state index in [1.807, 2.05) is 72.4 Å². The molecular formula is C22H21N5O2. The molecule has 2 amide bonds. The van der Waals surface area contributed by atoms with Gasteiger partial charge in [-0.25, -0.2) is 9.78 Å². The van der Waals surface area contributed by atoms with Crippen LogP contribution in [0.1, 0.15) is 17.4 Å². The molecule has 2 N–H and O–H groups in total. The minimum atomic E-state index is -0.451. The number of carbonyl (C=O) groups is 1. The van der Waals surface area contributed by atoms with Crippen LogP contribution in [-0.2, 0) is 7.05 Å². The number of anilines is 1. The Labute approximate surface area is 168 Å². The number of aryl methyl sites for hydroxylation is 1. The van der Waals surface area contributed by atoms with Gasteiger partial charge in [0.2, 0.25) is 0 Å². The van der Waals surface area contributed by atoms with Crippen LogP contribution in [0.3, 0.4) is 0 Å². The molecule has 1 unspecified atom stereocenters. The molecule has 7 nitrogen and oxygen atoms in total. The van der Waals surface area contributed by atoms with Crippen molar-refractivity contribution in [2.24, 2.45) is 7.05 Å². The summed E-state index contributed by atoms with van der Waals surface area (Å²) in [7, 11) is 3.51. The number of carbonyl (C=O) groups excluding carboxylic acids is 1. The highest BCUT2D eigenvalue weighted by molar-refractivity contribution is 5.99. The number of hydrogen-bond donors (Lipinski definition) is 2. The zero-order valence-electron chi connectivity index (χ0n) is 16.2.